The van der Waals surface area contributed by atoms with E-state index in [0.29, 0.717) is 23.7 Å². The van der Waals surface area contributed by atoms with E-state index in [1.54, 1.807) is 26.4 Å². The first-order chi connectivity index (χ1) is 13.4. The number of ether oxygens (including phenoxy) is 2. The molecule has 1 amide bonds. The lowest BCUT2D eigenvalue weighted by atomic mass is 9.81. The zero-order valence-corrected chi connectivity index (χ0v) is 16.4. The van der Waals surface area contributed by atoms with Crippen molar-refractivity contribution in [2.24, 2.45) is 0 Å². The van der Waals surface area contributed by atoms with E-state index < -0.39 is 0 Å². The minimum Gasteiger partial charge on any atom is -0.497 e. The maximum absolute atomic E-state index is 12.5. The summed E-state index contributed by atoms with van der Waals surface area (Å²) in [6.45, 7) is 4.07. The molecule has 7 nitrogen and oxygen atoms in total. The summed E-state index contributed by atoms with van der Waals surface area (Å²) in [5, 5.41) is 9.70. The number of rotatable bonds is 7. The smallest absolute Gasteiger partial charge is 0.249 e. The molecule has 1 aromatic heterocycles. The van der Waals surface area contributed by atoms with Crippen LogP contribution in [0.1, 0.15) is 25.8 Å². The Hall–Kier alpha value is -3.35. The van der Waals surface area contributed by atoms with Gasteiger partial charge in [-0.1, -0.05) is 44.2 Å². The molecule has 2 N–H and O–H groups in total. The Labute approximate surface area is 164 Å². The highest BCUT2D eigenvalue weighted by molar-refractivity contribution is 5.90. The molecule has 0 saturated carbocycles. The summed E-state index contributed by atoms with van der Waals surface area (Å²) in [6, 6.07) is 15.3. The molecule has 0 aliphatic carbocycles. The Bertz CT molecular complexity index is 951. The second-order valence-corrected chi connectivity index (χ2v) is 7.05. The van der Waals surface area contributed by atoms with E-state index in [1.807, 2.05) is 50.2 Å². The Morgan fingerprint density at radius 1 is 1.11 bits per heavy atom. The molecule has 0 aliphatic heterocycles. The monoisotopic (exact) mass is 380 g/mol. The molecule has 3 rings (SSSR count). The summed E-state index contributed by atoms with van der Waals surface area (Å²) in [5.74, 6) is 1.84. The van der Waals surface area contributed by atoms with E-state index in [-0.39, 0.29) is 17.3 Å². The lowest BCUT2D eigenvalue weighted by Gasteiger charge is -2.24. The molecular weight excluding hydrogens is 356 g/mol. The minimum absolute atomic E-state index is 0.152. The molecule has 0 saturated heterocycles. The number of anilines is 1. The van der Waals surface area contributed by atoms with Crippen molar-refractivity contribution in [2.45, 2.75) is 25.7 Å². The number of hydrogen-bond donors (Lipinski definition) is 2. The molecule has 146 valence electrons. The van der Waals surface area contributed by atoms with E-state index in [1.165, 1.54) is 0 Å². The fourth-order valence-corrected chi connectivity index (χ4v) is 2.99. The number of aromatic amines is 1. The number of carbonyl (C=O) groups excluding carboxylic acids is 1. The van der Waals surface area contributed by atoms with Crippen LogP contribution in [0.4, 0.5) is 5.95 Å². The summed E-state index contributed by atoms with van der Waals surface area (Å²) >= 11 is 0. The molecule has 2 aromatic carbocycles. The molecule has 0 unspecified atom stereocenters. The second-order valence-electron chi connectivity index (χ2n) is 7.05. The van der Waals surface area contributed by atoms with Gasteiger partial charge in [0.05, 0.1) is 19.8 Å². The first-order valence-corrected chi connectivity index (χ1v) is 8.93. The zero-order valence-electron chi connectivity index (χ0n) is 16.4. The SMILES string of the molecule is COc1ccc(-c2nc(NC(=O)CC(C)(C)c3ccccc3)n[nH]2)c(OC)c1. The summed E-state index contributed by atoms with van der Waals surface area (Å²) in [4.78, 5) is 16.9. The molecule has 0 bridgehead atoms. The van der Waals surface area contributed by atoms with E-state index in [4.69, 9.17) is 9.47 Å². The highest BCUT2D eigenvalue weighted by Crippen LogP contribution is 2.32. The molecule has 0 radical (unpaired) electrons. The predicted molar refractivity (Wildman–Crippen MR) is 108 cm³/mol. The van der Waals surface area contributed by atoms with E-state index >= 15 is 0 Å². The van der Waals surface area contributed by atoms with Crippen LogP contribution in [0.3, 0.4) is 0 Å². The summed E-state index contributed by atoms with van der Waals surface area (Å²) in [5.41, 5.74) is 1.52. The third-order valence-corrected chi connectivity index (χ3v) is 4.56. The molecule has 0 aliphatic rings. The maximum Gasteiger partial charge on any atom is 0.249 e. The first kappa shape index (κ1) is 19.4. The number of nitrogens with zero attached hydrogens (tertiary/aromatic N) is 2. The highest BCUT2D eigenvalue weighted by atomic mass is 16.5. The third kappa shape index (κ3) is 4.31. The van der Waals surface area contributed by atoms with Gasteiger partial charge in [0, 0.05) is 12.5 Å². The molecule has 0 atom stereocenters. The van der Waals surface area contributed by atoms with Gasteiger partial charge in [-0.3, -0.25) is 15.2 Å². The highest BCUT2D eigenvalue weighted by Gasteiger charge is 2.25. The third-order valence-electron chi connectivity index (χ3n) is 4.56. The Balaban J connectivity index is 1.72. The average Bonchev–Trinajstić information content (AvgIpc) is 3.15. The van der Waals surface area contributed by atoms with Crippen LogP contribution in [0.5, 0.6) is 11.5 Å². The van der Waals surface area contributed by atoms with Crippen LogP contribution in [0.15, 0.2) is 48.5 Å². The van der Waals surface area contributed by atoms with Gasteiger partial charge in [0.25, 0.3) is 0 Å². The van der Waals surface area contributed by atoms with Crippen molar-refractivity contribution < 1.29 is 14.3 Å². The maximum atomic E-state index is 12.5. The number of nitrogens with one attached hydrogen (secondary N) is 2. The lowest BCUT2D eigenvalue weighted by Crippen LogP contribution is -2.26. The minimum atomic E-state index is -0.302. The van der Waals surface area contributed by atoms with Gasteiger partial charge in [0.1, 0.15) is 11.5 Å². The van der Waals surface area contributed by atoms with Crippen LogP contribution in [0.2, 0.25) is 0 Å². The van der Waals surface area contributed by atoms with Crippen molar-refractivity contribution in [1.29, 1.82) is 0 Å². The Kier molecular flexibility index (Phi) is 5.63. The number of benzene rings is 2. The van der Waals surface area contributed by atoms with Gasteiger partial charge < -0.3 is 9.47 Å². The summed E-state index contributed by atoms with van der Waals surface area (Å²) in [7, 11) is 3.16. The van der Waals surface area contributed by atoms with Gasteiger partial charge >= 0.3 is 0 Å². The number of methoxy groups -OCH3 is 2. The first-order valence-electron chi connectivity index (χ1n) is 8.93. The number of amides is 1. The van der Waals surface area contributed by atoms with Crippen molar-refractivity contribution in [3.8, 4) is 22.9 Å². The number of hydrogen-bond acceptors (Lipinski definition) is 5. The molecule has 0 spiro atoms. The molecule has 3 aromatic rings. The number of carbonyl (C=O) groups is 1. The number of H-pyrrole nitrogens is 1. The van der Waals surface area contributed by atoms with Crippen molar-refractivity contribution >= 4 is 11.9 Å². The van der Waals surface area contributed by atoms with Crippen molar-refractivity contribution in [2.75, 3.05) is 19.5 Å². The van der Waals surface area contributed by atoms with Gasteiger partial charge in [-0.25, -0.2) is 0 Å². The van der Waals surface area contributed by atoms with Crippen LogP contribution in [-0.2, 0) is 10.2 Å². The van der Waals surface area contributed by atoms with Crippen LogP contribution < -0.4 is 14.8 Å². The van der Waals surface area contributed by atoms with Gasteiger partial charge in [-0.15, -0.1) is 5.10 Å². The van der Waals surface area contributed by atoms with Crippen LogP contribution >= 0.6 is 0 Å². The van der Waals surface area contributed by atoms with Gasteiger partial charge in [-0.05, 0) is 23.1 Å². The number of aromatic nitrogens is 3. The van der Waals surface area contributed by atoms with Crippen LogP contribution in [-0.4, -0.2) is 35.3 Å². The average molecular weight is 380 g/mol. The Morgan fingerprint density at radius 2 is 1.86 bits per heavy atom. The quantitative estimate of drug-likeness (QED) is 0.651. The topological polar surface area (TPSA) is 89.1 Å². The van der Waals surface area contributed by atoms with E-state index in [2.05, 4.69) is 20.5 Å². The largest absolute Gasteiger partial charge is 0.497 e. The Morgan fingerprint density at radius 3 is 2.54 bits per heavy atom. The fourth-order valence-electron chi connectivity index (χ4n) is 2.99. The molecule has 0 fully saturated rings. The van der Waals surface area contributed by atoms with E-state index in [0.717, 1.165) is 11.1 Å². The van der Waals surface area contributed by atoms with Crippen molar-refractivity contribution in [3.63, 3.8) is 0 Å². The van der Waals surface area contributed by atoms with Gasteiger partial charge in [0.15, 0.2) is 5.82 Å². The molecule has 1 heterocycles. The summed E-state index contributed by atoms with van der Waals surface area (Å²) in [6.07, 6.45) is 0.312. The lowest BCUT2D eigenvalue weighted by molar-refractivity contribution is -0.117. The fraction of sp³-hybridized carbons (Fsp3) is 0.286. The van der Waals surface area contributed by atoms with E-state index in [9.17, 15) is 4.79 Å². The second kappa shape index (κ2) is 8.12. The van der Waals surface area contributed by atoms with Crippen molar-refractivity contribution in [3.05, 3.63) is 54.1 Å². The van der Waals surface area contributed by atoms with Gasteiger partial charge in [-0.2, -0.15) is 4.98 Å². The van der Waals surface area contributed by atoms with Crippen molar-refractivity contribution in [1.82, 2.24) is 15.2 Å². The standard InChI is InChI=1S/C21H24N4O3/c1-21(2,14-8-6-5-7-9-14)13-18(26)22-20-23-19(24-25-20)16-11-10-15(27-3)12-17(16)28-4/h5-12H,13H2,1-4H3,(H2,22,23,24,25,26). The van der Waals surface area contributed by atoms with Crippen LogP contribution in [0.25, 0.3) is 11.4 Å². The molecule has 28 heavy (non-hydrogen) atoms. The predicted octanol–water partition coefficient (Wildman–Crippen LogP) is 3.80. The van der Waals surface area contributed by atoms with Gasteiger partial charge in [0.2, 0.25) is 11.9 Å². The normalized spacial score (nSPS) is 11.1. The zero-order chi connectivity index (χ0) is 20.1. The van der Waals surface area contributed by atoms with Crippen LogP contribution in [0, 0.1) is 0 Å². The molecule has 7 heteroatoms. The molecular formula is C21H24N4O3. The summed E-state index contributed by atoms with van der Waals surface area (Å²) < 4.78 is 10.6.